The number of carbonyl (C=O) groups excluding carboxylic acids is 1. The second-order valence-corrected chi connectivity index (χ2v) is 6.81. The molecule has 3 nitrogen and oxygen atoms in total. The first-order chi connectivity index (χ1) is 9.49. The van der Waals surface area contributed by atoms with Crippen LogP contribution < -0.4 is 5.32 Å². The number of amides is 1. The van der Waals surface area contributed by atoms with E-state index in [9.17, 15) is 4.79 Å². The number of rotatable bonds is 5. The molecule has 1 aromatic rings. The second kappa shape index (κ2) is 6.72. The van der Waals surface area contributed by atoms with Gasteiger partial charge in [-0.2, -0.15) is 0 Å². The molecule has 20 heavy (non-hydrogen) atoms. The summed E-state index contributed by atoms with van der Waals surface area (Å²) in [6.45, 7) is 8.85. The molecule has 1 heterocycles. The number of halogens is 1. The maximum atomic E-state index is 12.7. The van der Waals surface area contributed by atoms with Gasteiger partial charge in [0.1, 0.15) is 0 Å². The highest BCUT2D eigenvalue weighted by atomic mass is 79.9. The molecular weight excluding hydrogens is 316 g/mol. The summed E-state index contributed by atoms with van der Waals surface area (Å²) < 4.78 is 1.06. The van der Waals surface area contributed by atoms with E-state index in [1.54, 1.807) is 0 Å². The monoisotopic (exact) mass is 338 g/mol. The van der Waals surface area contributed by atoms with Crippen LogP contribution in [0.25, 0.3) is 0 Å². The largest absolute Gasteiger partial charge is 0.336 e. The fourth-order valence-corrected chi connectivity index (χ4v) is 2.92. The predicted molar refractivity (Wildman–Crippen MR) is 85.4 cm³/mol. The summed E-state index contributed by atoms with van der Waals surface area (Å²) in [5.74, 6) is 0.864. The first kappa shape index (κ1) is 15.5. The molecule has 0 aromatic heterocycles. The van der Waals surface area contributed by atoms with E-state index in [1.807, 2.05) is 17.0 Å². The number of carbonyl (C=O) groups is 1. The van der Waals surface area contributed by atoms with Crippen LogP contribution in [0.5, 0.6) is 0 Å². The average Bonchev–Trinajstić information content (AvgIpc) is 2.32. The molecule has 1 fully saturated rings. The molecule has 110 valence electrons. The smallest absolute Gasteiger partial charge is 0.226 e. The molecule has 4 heteroatoms. The number of hydrogen-bond donors (Lipinski definition) is 1. The minimum atomic E-state index is 0.103. The molecule has 2 rings (SSSR count). The van der Waals surface area contributed by atoms with Crippen molar-refractivity contribution >= 4 is 21.8 Å². The van der Waals surface area contributed by atoms with Crippen molar-refractivity contribution in [3.63, 3.8) is 0 Å². The van der Waals surface area contributed by atoms with Crippen molar-refractivity contribution in [2.24, 2.45) is 11.8 Å². The SMILES string of the molecule is CC(C(=O)N(Cc1cccc(Br)c1)C(C)C)C1CNC1. The van der Waals surface area contributed by atoms with Gasteiger partial charge in [0.15, 0.2) is 0 Å². The molecule has 1 unspecified atom stereocenters. The average molecular weight is 339 g/mol. The molecule has 1 N–H and O–H groups in total. The zero-order valence-electron chi connectivity index (χ0n) is 12.4. The van der Waals surface area contributed by atoms with E-state index in [2.05, 4.69) is 54.2 Å². The Balaban J connectivity index is 2.08. The van der Waals surface area contributed by atoms with Crippen LogP contribution in [0.4, 0.5) is 0 Å². The Kier molecular flexibility index (Phi) is 5.22. The summed E-state index contributed by atoms with van der Waals surface area (Å²) in [5.41, 5.74) is 1.17. The lowest BCUT2D eigenvalue weighted by atomic mass is 9.87. The summed E-state index contributed by atoms with van der Waals surface area (Å²) in [6, 6.07) is 8.40. The van der Waals surface area contributed by atoms with Gasteiger partial charge in [-0.25, -0.2) is 0 Å². The lowest BCUT2D eigenvalue weighted by Gasteiger charge is -2.36. The van der Waals surface area contributed by atoms with Gasteiger partial charge in [-0.3, -0.25) is 4.79 Å². The van der Waals surface area contributed by atoms with Crippen LogP contribution in [-0.2, 0) is 11.3 Å². The van der Waals surface area contributed by atoms with Crippen LogP contribution in [0.15, 0.2) is 28.7 Å². The van der Waals surface area contributed by atoms with Gasteiger partial charge in [-0.15, -0.1) is 0 Å². The molecule has 0 spiro atoms. The van der Waals surface area contributed by atoms with Gasteiger partial charge in [0.25, 0.3) is 0 Å². The topological polar surface area (TPSA) is 32.3 Å². The van der Waals surface area contributed by atoms with Crippen LogP contribution in [-0.4, -0.2) is 29.9 Å². The molecule has 1 atom stereocenters. The van der Waals surface area contributed by atoms with Crippen molar-refractivity contribution in [1.29, 1.82) is 0 Å². The Labute approximate surface area is 129 Å². The van der Waals surface area contributed by atoms with Crippen molar-refractivity contribution < 1.29 is 4.79 Å². The van der Waals surface area contributed by atoms with E-state index in [0.717, 1.165) is 17.6 Å². The fourth-order valence-electron chi connectivity index (χ4n) is 2.47. The first-order valence-electron chi connectivity index (χ1n) is 7.24. The molecule has 1 aliphatic rings. The van der Waals surface area contributed by atoms with E-state index in [4.69, 9.17) is 0 Å². The Morgan fingerprint density at radius 3 is 2.60 bits per heavy atom. The summed E-state index contributed by atoms with van der Waals surface area (Å²) in [6.07, 6.45) is 0. The molecule has 0 aliphatic carbocycles. The highest BCUT2D eigenvalue weighted by molar-refractivity contribution is 9.10. The van der Waals surface area contributed by atoms with Crippen LogP contribution in [0, 0.1) is 11.8 Å². The number of benzene rings is 1. The molecule has 1 amide bonds. The predicted octanol–water partition coefficient (Wildman–Crippen LogP) is 3.04. The Hall–Kier alpha value is -0.870. The normalized spacial score (nSPS) is 16.9. The molecular formula is C16H23BrN2O. The van der Waals surface area contributed by atoms with Gasteiger partial charge in [-0.1, -0.05) is 35.0 Å². The van der Waals surface area contributed by atoms with Gasteiger partial charge in [0.05, 0.1) is 0 Å². The van der Waals surface area contributed by atoms with E-state index in [-0.39, 0.29) is 17.9 Å². The van der Waals surface area contributed by atoms with Crippen molar-refractivity contribution in [2.75, 3.05) is 13.1 Å². The third-order valence-electron chi connectivity index (χ3n) is 4.06. The first-order valence-corrected chi connectivity index (χ1v) is 8.04. The maximum Gasteiger partial charge on any atom is 0.226 e. The molecule has 1 saturated heterocycles. The van der Waals surface area contributed by atoms with Crippen LogP contribution >= 0.6 is 15.9 Å². The fraction of sp³-hybridized carbons (Fsp3) is 0.562. The molecule has 0 bridgehead atoms. The zero-order valence-corrected chi connectivity index (χ0v) is 14.0. The minimum Gasteiger partial charge on any atom is -0.336 e. The van der Waals surface area contributed by atoms with E-state index in [1.165, 1.54) is 5.56 Å². The molecule has 0 saturated carbocycles. The maximum absolute atomic E-state index is 12.7. The standard InChI is InChI=1S/C16H23BrN2O/c1-11(2)19(10-13-5-4-6-15(17)7-13)16(20)12(3)14-8-18-9-14/h4-7,11-12,14,18H,8-10H2,1-3H3. The summed E-state index contributed by atoms with van der Waals surface area (Å²) in [7, 11) is 0. The lowest BCUT2D eigenvalue weighted by Crippen LogP contribution is -2.51. The van der Waals surface area contributed by atoms with Crippen molar-refractivity contribution in [3.05, 3.63) is 34.3 Å². The van der Waals surface area contributed by atoms with Crippen molar-refractivity contribution in [3.8, 4) is 0 Å². The Bertz CT molecular complexity index is 471. The van der Waals surface area contributed by atoms with E-state index < -0.39 is 0 Å². The minimum absolute atomic E-state index is 0.103. The molecule has 1 aliphatic heterocycles. The number of nitrogens with one attached hydrogen (secondary N) is 1. The quantitative estimate of drug-likeness (QED) is 0.894. The van der Waals surface area contributed by atoms with Gasteiger partial charge >= 0.3 is 0 Å². The number of hydrogen-bond acceptors (Lipinski definition) is 2. The highest BCUT2D eigenvalue weighted by Crippen LogP contribution is 2.22. The van der Waals surface area contributed by atoms with Crippen molar-refractivity contribution in [1.82, 2.24) is 10.2 Å². The lowest BCUT2D eigenvalue weighted by molar-refractivity contribution is -0.139. The zero-order chi connectivity index (χ0) is 14.7. The van der Waals surface area contributed by atoms with Gasteiger partial charge in [0, 0.05) is 23.0 Å². The Morgan fingerprint density at radius 2 is 2.10 bits per heavy atom. The highest BCUT2D eigenvalue weighted by Gasteiger charge is 2.32. The summed E-state index contributed by atoms with van der Waals surface area (Å²) in [4.78, 5) is 14.7. The summed E-state index contributed by atoms with van der Waals surface area (Å²) >= 11 is 3.49. The third-order valence-corrected chi connectivity index (χ3v) is 4.55. The van der Waals surface area contributed by atoms with Crippen LogP contribution in [0.3, 0.4) is 0 Å². The molecule has 1 aromatic carbocycles. The van der Waals surface area contributed by atoms with Gasteiger partial charge in [-0.05, 0) is 50.6 Å². The number of nitrogens with zero attached hydrogens (tertiary/aromatic N) is 1. The van der Waals surface area contributed by atoms with E-state index >= 15 is 0 Å². The van der Waals surface area contributed by atoms with E-state index in [0.29, 0.717) is 12.5 Å². The van der Waals surface area contributed by atoms with Crippen LogP contribution in [0.1, 0.15) is 26.3 Å². The summed E-state index contributed by atoms with van der Waals surface area (Å²) in [5, 5.41) is 3.25. The second-order valence-electron chi connectivity index (χ2n) is 5.90. The van der Waals surface area contributed by atoms with Crippen LogP contribution in [0.2, 0.25) is 0 Å². The third kappa shape index (κ3) is 3.61. The van der Waals surface area contributed by atoms with Gasteiger partial charge in [0.2, 0.25) is 5.91 Å². The Morgan fingerprint density at radius 1 is 1.40 bits per heavy atom. The molecule has 0 radical (unpaired) electrons. The van der Waals surface area contributed by atoms with Gasteiger partial charge < -0.3 is 10.2 Å². The van der Waals surface area contributed by atoms with Crippen molar-refractivity contribution in [2.45, 2.75) is 33.4 Å².